The van der Waals surface area contributed by atoms with Crippen LogP contribution < -0.4 is 14.4 Å². The van der Waals surface area contributed by atoms with Crippen LogP contribution in [-0.4, -0.2) is 47.8 Å². The van der Waals surface area contributed by atoms with E-state index < -0.39 is 17.2 Å². The van der Waals surface area contributed by atoms with Gasteiger partial charge in [-0.25, -0.2) is 13.6 Å². The first-order valence-corrected chi connectivity index (χ1v) is 16.6. The van der Waals surface area contributed by atoms with Gasteiger partial charge in [0, 0.05) is 37.9 Å². The third-order valence-electron chi connectivity index (χ3n) is 9.24. The fourth-order valence-electron chi connectivity index (χ4n) is 6.49. The smallest absolute Gasteiger partial charge is 0.410 e. The summed E-state index contributed by atoms with van der Waals surface area (Å²) in [7, 11) is 0. The number of carbonyl (C=O) groups excluding carboxylic acids is 1. The molecular formula is C39H43F2N3O4. The summed E-state index contributed by atoms with van der Waals surface area (Å²) in [6.45, 7) is 8.78. The summed E-state index contributed by atoms with van der Waals surface area (Å²) in [6.07, 6.45) is 3.31. The second-order valence-electron chi connectivity index (χ2n) is 13.8. The standard InChI is InChI=1S/C39H43F2N3O4/c1-38(2,3)48-37(45)44-22-18-39(19-23-44)16-20-43(21-17-39)30-24-32(40)35(33(41)25-30)31-14-15-34(46-26-28-10-6-4-7-11-28)42-36(31)47-27-29-12-8-5-9-13-29/h4-15,24-25H,16-23,26-27H2,1-3H3. The van der Waals surface area contributed by atoms with Gasteiger partial charge in [0.1, 0.15) is 30.4 Å². The third kappa shape index (κ3) is 8.06. The number of hydrogen-bond donors (Lipinski definition) is 0. The number of pyridine rings is 1. The van der Waals surface area contributed by atoms with Gasteiger partial charge in [-0.3, -0.25) is 0 Å². The number of ether oxygens (including phenoxy) is 3. The summed E-state index contributed by atoms with van der Waals surface area (Å²) in [5, 5.41) is 0. The minimum atomic E-state index is -0.680. The molecule has 0 saturated carbocycles. The van der Waals surface area contributed by atoms with Crippen LogP contribution in [-0.2, 0) is 18.0 Å². The van der Waals surface area contributed by atoms with Crippen molar-refractivity contribution in [2.75, 3.05) is 31.1 Å². The van der Waals surface area contributed by atoms with Crippen molar-refractivity contribution in [2.45, 2.75) is 65.3 Å². The van der Waals surface area contributed by atoms with Gasteiger partial charge in [0.2, 0.25) is 11.8 Å². The highest BCUT2D eigenvalue weighted by molar-refractivity contribution is 5.72. The van der Waals surface area contributed by atoms with Crippen LogP contribution >= 0.6 is 0 Å². The van der Waals surface area contributed by atoms with E-state index in [-0.39, 0.29) is 35.1 Å². The molecule has 6 rings (SSSR count). The molecule has 48 heavy (non-hydrogen) atoms. The van der Waals surface area contributed by atoms with Crippen molar-refractivity contribution < 1.29 is 27.8 Å². The van der Waals surface area contributed by atoms with Gasteiger partial charge in [0.05, 0.1) is 11.1 Å². The summed E-state index contributed by atoms with van der Waals surface area (Å²) < 4.78 is 49.4. The molecule has 2 saturated heterocycles. The van der Waals surface area contributed by atoms with E-state index >= 15 is 8.78 Å². The lowest BCUT2D eigenvalue weighted by Crippen LogP contribution is -2.49. The number of hydrogen-bond acceptors (Lipinski definition) is 6. The first-order valence-electron chi connectivity index (χ1n) is 16.6. The van der Waals surface area contributed by atoms with Crippen LogP contribution in [0.15, 0.2) is 84.9 Å². The Balaban J connectivity index is 1.16. The number of nitrogens with zero attached hydrogens (tertiary/aromatic N) is 3. The largest absolute Gasteiger partial charge is 0.473 e. The van der Waals surface area contributed by atoms with Gasteiger partial charge >= 0.3 is 6.09 Å². The molecule has 3 aromatic carbocycles. The number of anilines is 1. The van der Waals surface area contributed by atoms with Gasteiger partial charge in [-0.2, -0.15) is 4.98 Å². The van der Waals surface area contributed by atoms with E-state index in [0.717, 1.165) is 36.8 Å². The Kier molecular flexibility index (Phi) is 9.85. The summed E-state index contributed by atoms with van der Waals surface area (Å²) in [4.78, 5) is 20.9. The number of aromatic nitrogens is 1. The van der Waals surface area contributed by atoms with Crippen LogP contribution in [0.3, 0.4) is 0 Å². The fraction of sp³-hybridized carbons (Fsp3) is 0.385. The third-order valence-corrected chi connectivity index (χ3v) is 9.24. The second kappa shape index (κ2) is 14.2. The minimum Gasteiger partial charge on any atom is -0.473 e. The summed E-state index contributed by atoms with van der Waals surface area (Å²) >= 11 is 0. The number of amides is 1. The van der Waals surface area contributed by atoms with Crippen LogP contribution in [0.1, 0.15) is 57.6 Å². The van der Waals surface area contributed by atoms with Gasteiger partial charge in [-0.15, -0.1) is 0 Å². The Bertz CT molecular complexity index is 1670. The maximum atomic E-state index is 15.9. The zero-order valence-corrected chi connectivity index (χ0v) is 27.9. The molecule has 2 aliphatic heterocycles. The number of carbonyl (C=O) groups is 1. The summed E-state index contributed by atoms with van der Waals surface area (Å²) in [5.74, 6) is -0.976. The average Bonchev–Trinajstić information content (AvgIpc) is 3.07. The Morgan fingerprint density at radius 2 is 1.31 bits per heavy atom. The lowest BCUT2D eigenvalue weighted by Gasteiger charge is -2.47. The van der Waals surface area contributed by atoms with Crippen LogP contribution in [0.4, 0.5) is 19.3 Å². The van der Waals surface area contributed by atoms with Gasteiger partial charge in [-0.1, -0.05) is 60.7 Å². The van der Waals surface area contributed by atoms with E-state index in [4.69, 9.17) is 14.2 Å². The van der Waals surface area contributed by atoms with E-state index in [1.54, 1.807) is 17.0 Å². The highest BCUT2D eigenvalue weighted by atomic mass is 19.1. The first-order chi connectivity index (χ1) is 23.1. The Morgan fingerprint density at radius 3 is 1.88 bits per heavy atom. The molecule has 252 valence electrons. The molecule has 2 fully saturated rings. The number of rotatable bonds is 8. The number of benzene rings is 3. The Morgan fingerprint density at radius 1 is 0.771 bits per heavy atom. The van der Waals surface area contributed by atoms with Gasteiger partial charge < -0.3 is 24.0 Å². The normalized spacial score (nSPS) is 16.1. The molecule has 0 unspecified atom stereocenters. The van der Waals surface area contributed by atoms with Gasteiger partial charge in [0.15, 0.2) is 0 Å². The van der Waals surface area contributed by atoms with Crippen molar-refractivity contribution >= 4 is 11.8 Å². The predicted octanol–water partition coefficient (Wildman–Crippen LogP) is 8.80. The topological polar surface area (TPSA) is 64.1 Å². The van der Waals surface area contributed by atoms with Crippen molar-refractivity contribution in [2.24, 2.45) is 5.41 Å². The molecule has 0 bridgehead atoms. The molecule has 9 heteroatoms. The SMILES string of the molecule is CC(C)(C)OC(=O)N1CCC2(CC1)CCN(c1cc(F)c(-c3ccc(OCc4ccccc4)nc3OCc3ccccc3)c(F)c1)CC2. The monoisotopic (exact) mass is 655 g/mol. The van der Waals surface area contributed by atoms with Crippen LogP contribution in [0.5, 0.6) is 11.8 Å². The molecule has 0 atom stereocenters. The van der Waals surface area contributed by atoms with Crippen molar-refractivity contribution in [3.63, 3.8) is 0 Å². The molecule has 0 radical (unpaired) electrons. The molecule has 4 aromatic rings. The lowest BCUT2D eigenvalue weighted by molar-refractivity contribution is 0.00666. The van der Waals surface area contributed by atoms with Crippen molar-refractivity contribution in [1.82, 2.24) is 9.88 Å². The number of likely N-dealkylation sites (tertiary alicyclic amines) is 1. The van der Waals surface area contributed by atoms with E-state index in [9.17, 15) is 4.79 Å². The second-order valence-corrected chi connectivity index (χ2v) is 13.8. The molecule has 3 heterocycles. The average molecular weight is 656 g/mol. The highest BCUT2D eigenvalue weighted by Crippen LogP contribution is 2.43. The van der Waals surface area contributed by atoms with E-state index in [2.05, 4.69) is 4.98 Å². The van der Waals surface area contributed by atoms with Crippen LogP contribution in [0.25, 0.3) is 11.1 Å². The molecule has 1 amide bonds. The van der Waals surface area contributed by atoms with Crippen LogP contribution in [0.2, 0.25) is 0 Å². The summed E-state index contributed by atoms with van der Waals surface area (Å²) in [6, 6.07) is 25.3. The molecular weight excluding hydrogens is 612 g/mol. The zero-order valence-electron chi connectivity index (χ0n) is 27.9. The predicted molar refractivity (Wildman–Crippen MR) is 182 cm³/mol. The molecule has 0 N–H and O–H groups in total. The summed E-state index contributed by atoms with van der Waals surface area (Å²) in [5.41, 5.74) is 2.00. The van der Waals surface area contributed by atoms with Crippen molar-refractivity contribution in [1.29, 1.82) is 0 Å². The zero-order chi connectivity index (χ0) is 33.7. The quantitative estimate of drug-likeness (QED) is 0.189. The number of piperidine rings is 2. The lowest BCUT2D eigenvalue weighted by atomic mass is 9.71. The van der Waals surface area contributed by atoms with E-state index in [1.807, 2.05) is 86.3 Å². The highest BCUT2D eigenvalue weighted by Gasteiger charge is 2.39. The van der Waals surface area contributed by atoms with E-state index in [0.29, 0.717) is 44.4 Å². The van der Waals surface area contributed by atoms with Gasteiger partial charge in [-0.05, 0) is 81.2 Å². The molecule has 1 aromatic heterocycles. The van der Waals surface area contributed by atoms with Crippen LogP contribution in [0, 0.1) is 17.0 Å². The Hall–Kier alpha value is -4.66. The maximum absolute atomic E-state index is 15.9. The Labute approximate surface area is 281 Å². The maximum Gasteiger partial charge on any atom is 0.410 e. The molecule has 1 spiro atoms. The number of halogens is 2. The first kappa shape index (κ1) is 33.2. The van der Waals surface area contributed by atoms with Crippen molar-refractivity contribution in [3.8, 4) is 22.9 Å². The molecule has 0 aliphatic carbocycles. The molecule has 7 nitrogen and oxygen atoms in total. The van der Waals surface area contributed by atoms with Gasteiger partial charge in [0.25, 0.3) is 0 Å². The minimum absolute atomic E-state index is 0.0904. The molecule has 2 aliphatic rings. The van der Waals surface area contributed by atoms with E-state index in [1.165, 1.54) is 12.1 Å². The van der Waals surface area contributed by atoms with Crippen molar-refractivity contribution in [3.05, 3.63) is 108 Å². The fourth-order valence-corrected chi connectivity index (χ4v) is 6.49.